The van der Waals surface area contributed by atoms with E-state index < -0.39 is 17.8 Å². The van der Waals surface area contributed by atoms with Gasteiger partial charge in [-0.3, -0.25) is 4.79 Å². The molecule has 0 aliphatic carbocycles. The monoisotopic (exact) mass is 276 g/mol. The number of hydrogen-bond acceptors (Lipinski definition) is 2. The maximum absolute atomic E-state index is 12.4. The van der Waals surface area contributed by atoms with Crippen LogP contribution in [0.25, 0.3) is 0 Å². The Morgan fingerprint density at radius 3 is 2.68 bits per heavy atom. The highest BCUT2D eigenvalue weighted by Gasteiger charge is 2.32. The first kappa shape index (κ1) is 13.9. The number of alkyl halides is 3. The van der Waals surface area contributed by atoms with Crippen LogP contribution in [0.3, 0.4) is 0 Å². The van der Waals surface area contributed by atoms with E-state index in [1.165, 1.54) is 0 Å². The Kier molecular flexibility index (Phi) is 4.14. The van der Waals surface area contributed by atoms with Gasteiger partial charge in [-0.25, -0.2) is 0 Å². The minimum atomic E-state index is -4.46. The summed E-state index contributed by atoms with van der Waals surface area (Å²) in [4.78, 5) is 13.8. The fourth-order valence-electron chi connectivity index (χ4n) is 1.98. The molecule has 1 aromatic heterocycles. The molecule has 1 amide bonds. The molecule has 0 bridgehead atoms. The van der Waals surface area contributed by atoms with Gasteiger partial charge < -0.3 is 15.0 Å². The average molecular weight is 276 g/mol. The number of ether oxygens (including phenoxy) is 1. The second-order valence-corrected chi connectivity index (χ2v) is 4.57. The molecule has 0 radical (unpaired) electrons. The molecule has 0 unspecified atom stereocenters. The Morgan fingerprint density at radius 2 is 2.11 bits per heavy atom. The Hall–Kier alpha value is -1.50. The van der Waals surface area contributed by atoms with Crippen LogP contribution in [0.2, 0.25) is 0 Å². The molecule has 2 rings (SSSR count). The summed E-state index contributed by atoms with van der Waals surface area (Å²) in [5, 5.41) is 2.65. The quantitative estimate of drug-likeness (QED) is 0.889. The van der Waals surface area contributed by atoms with Crippen LogP contribution in [-0.2, 0) is 10.9 Å². The summed E-state index contributed by atoms with van der Waals surface area (Å²) in [6.07, 6.45) is -1.66. The Bertz CT molecular complexity index is 436. The molecule has 4 nitrogen and oxygen atoms in total. The third-order valence-corrected chi connectivity index (χ3v) is 3.14. The molecule has 0 atom stereocenters. The van der Waals surface area contributed by atoms with E-state index in [1.807, 2.05) is 0 Å². The summed E-state index contributed by atoms with van der Waals surface area (Å²) in [7, 11) is 0. The van der Waals surface area contributed by atoms with Crippen molar-refractivity contribution in [2.75, 3.05) is 19.8 Å². The van der Waals surface area contributed by atoms with Crippen LogP contribution >= 0.6 is 0 Å². The number of H-pyrrole nitrogens is 1. The van der Waals surface area contributed by atoms with Crippen molar-refractivity contribution in [1.29, 1.82) is 0 Å². The lowest BCUT2D eigenvalue weighted by Crippen LogP contribution is -2.31. The molecule has 0 aromatic carbocycles. The van der Waals surface area contributed by atoms with Crippen molar-refractivity contribution in [2.45, 2.75) is 19.0 Å². The normalized spacial score (nSPS) is 17.4. The standard InChI is InChI=1S/C12H15F3N2O2/c13-12(14,15)10-5-9(7-16-10)11(18)17-6-8-1-3-19-4-2-8/h5,7-8,16H,1-4,6H2,(H,17,18). The van der Waals surface area contributed by atoms with Gasteiger partial charge >= 0.3 is 6.18 Å². The number of aromatic amines is 1. The Morgan fingerprint density at radius 1 is 1.42 bits per heavy atom. The van der Waals surface area contributed by atoms with Crippen LogP contribution in [0.5, 0.6) is 0 Å². The topological polar surface area (TPSA) is 54.1 Å². The molecule has 1 saturated heterocycles. The van der Waals surface area contributed by atoms with Gasteiger partial charge in [0.05, 0.1) is 5.56 Å². The van der Waals surface area contributed by atoms with Gasteiger partial charge in [-0.1, -0.05) is 0 Å². The zero-order valence-corrected chi connectivity index (χ0v) is 10.2. The van der Waals surface area contributed by atoms with Crippen molar-refractivity contribution in [1.82, 2.24) is 10.3 Å². The number of carbonyl (C=O) groups is 1. The summed E-state index contributed by atoms with van der Waals surface area (Å²) in [5.74, 6) is -0.156. The summed E-state index contributed by atoms with van der Waals surface area (Å²) >= 11 is 0. The highest BCUT2D eigenvalue weighted by Crippen LogP contribution is 2.28. The Balaban J connectivity index is 1.87. The first-order chi connectivity index (χ1) is 8.97. The van der Waals surface area contributed by atoms with Gasteiger partial charge in [-0.05, 0) is 24.8 Å². The molecular weight excluding hydrogens is 261 g/mol. The first-order valence-electron chi connectivity index (χ1n) is 6.08. The zero-order chi connectivity index (χ0) is 13.9. The fraction of sp³-hybridized carbons (Fsp3) is 0.583. The van der Waals surface area contributed by atoms with E-state index in [1.54, 1.807) is 0 Å². The summed E-state index contributed by atoms with van der Waals surface area (Å²) in [6.45, 7) is 1.81. The summed E-state index contributed by atoms with van der Waals surface area (Å²) in [5.41, 5.74) is -0.914. The largest absolute Gasteiger partial charge is 0.431 e. The predicted molar refractivity (Wildman–Crippen MR) is 61.7 cm³/mol. The second kappa shape index (κ2) is 5.64. The van der Waals surface area contributed by atoms with Crippen LogP contribution in [0.4, 0.5) is 13.2 Å². The minimum Gasteiger partial charge on any atom is -0.381 e. The number of halogens is 3. The van der Waals surface area contributed by atoms with Gasteiger partial charge in [0.15, 0.2) is 0 Å². The van der Waals surface area contributed by atoms with Gasteiger partial charge in [-0.15, -0.1) is 0 Å². The highest BCUT2D eigenvalue weighted by atomic mass is 19.4. The SMILES string of the molecule is O=C(NCC1CCOCC1)c1c[nH]c(C(F)(F)F)c1. The van der Waals surface area contributed by atoms with Crippen molar-refractivity contribution in [3.63, 3.8) is 0 Å². The number of nitrogens with one attached hydrogen (secondary N) is 2. The first-order valence-corrected chi connectivity index (χ1v) is 6.08. The third-order valence-electron chi connectivity index (χ3n) is 3.14. The van der Waals surface area contributed by atoms with Gasteiger partial charge in [0, 0.05) is 26.0 Å². The number of aromatic nitrogens is 1. The summed E-state index contributed by atoms with van der Waals surface area (Å²) < 4.78 is 42.3. The molecular formula is C12H15F3N2O2. The molecule has 2 N–H and O–H groups in total. The van der Waals surface area contributed by atoms with Crippen LogP contribution < -0.4 is 5.32 Å². The third kappa shape index (κ3) is 3.73. The number of rotatable bonds is 3. The lowest BCUT2D eigenvalue weighted by molar-refractivity contribution is -0.140. The molecule has 19 heavy (non-hydrogen) atoms. The lowest BCUT2D eigenvalue weighted by atomic mass is 10.0. The lowest BCUT2D eigenvalue weighted by Gasteiger charge is -2.21. The molecule has 1 aromatic rings. The van der Waals surface area contributed by atoms with E-state index in [2.05, 4.69) is 10.3 Å². The molecule has 1 fully saturated rings. The van der Waals surface area contributed by atoms with Crippen LogP contribution in [-0.4, -0.2) is 30.6 Å². The minimum absolute atomic E-state index is 0.000570. The van der Waals surface area contributed by atoms with Crippen molar-refractivity contribution < 1.29 is 22.7 Å². The zero-order valence-electron chi connectivity index (χ0n) is 10.2. The van der Waals surface area contributed by atoms with Crippen molar-refractivity contribution in [3.8, 4) is 0 Å². The summed E-state index contributed by atoms with van der Waals surface area (Å²) in [6, 6.07) is 0.819. The molecule has 106 valence electrons. The molecule has 0 saturated carbocycles. The fourth-order valence-corrected chi connectivity index (χ4v) is 1.98. The molecule has 7 heteroatoms. The van der Waals surface area contributed by atoms with Crippen LogP contribution in [0, 0.1) is 5.92 Å². The van der Waals surface area contributed by atoms with Crippen LogP contribution in [0.15, 0.2) is 12.3 Å². The second-order valence-electron chi connectivity index (χ2n) is 4.57. The number of amides is 1. The van der Waals surface area contributed by atoms with E-state index in [4.69, 9.17) is 4.74 Å². The average Bonchev–Trinajstić information content (AvgIpc) is 2.87. The van der Waals surface area contributed by atoms with E-state index >= 15 is 0 Å². The number of carbonyl (C=O) groups excluding carboxylic acids is 1. The van der Waals surface area contributed by atoms with Gasteiger partial charge in [0.1, 0.15) is 5.69 Å². The van der Waals surface area contributed by atoms with E-state index in [9.17, 15) is 18.0 Å². The van der Waals surface area contributed by atoms with Gasteiger partial charge in [0.2, 0.25) is 0 Å². The smallest absolute Gasteiger partial charge is 0.381 e. The van der Waals surface area contributed by atoms with E-state index in [-0.39, 0.29) is 5.56 Å². The van der Waals surface area contributed by atoms with E-state index in [0.29, 0.717) is 25.7 Å². The van der Waals surface area contributed by atoms with Gasteiger partial charge in [0.25, 0.3) is 5.91 Å². The molecule has 2 heterocycles. The highest BCUT2D eigenvalue weighted by molar-refractivity contribution is 5.94. The maximum Gasteiger partial charge on any atom is 0.431 e. The van der Waals surface area contributed by atoms with Crippen LogP contribution in [0.1, 0.15) is 28.9 Å². The predicted octanol–water partition coefficient (Wildman–Crippen LogP) is 2.19. The van der Waals surface area contributed by atoms with Crippen molar-refractivity contribution >= 4 is 5.91 Å². The molecule has 0 spiro atoms. The maximum atomic E-state index is 12.4. The number of hydrogen-bond donors (Lipinski definition) is 2. The van der Waals surface area contributed by atoms with Gasteiger partial charge in [-0.2, -0.15) is 13.2 Å². The molecule has 1 aliphatic rings. The Labute approximate surface area is 108 Å². The van der Waals surface area contributed by atoms with Crippen molar-refractivity contribution in [3.05, 3.63) is 23.5 Å². The van der Waals surface area contributed by atoms with E-state index in [0.717, 1.165) is 25.1 Å². The molecule has 1 aliphatic heterocycles. The van der Waals surface area contributed by atoms with Crippen molar-refractivity contribution in [2.24, 2.45) is 5.92 Å².